The first-order chi connectivity index (χ1) is 7.60. The molecular formula is C13H19ClIN. The largest absolute Gasteiger partial charge is 0.310 e. The first-order valence-corrected chi connectivity index (χ1v) is 7.24. The number of hydrogen-bond acceptors (Lipinski definition) is 1. The molecule has 0 aliphatic rings. The van der Waals surface area contributed by atoms with E-state index in [4.69, 9.17) is 11.6 Å². The second kappa shape index (κ2) is 6.82. The van der Waals surface area contributed by atoms with Crippen LogP contribution in [0.4, 0.5) is 0 Å². The van der Waals surface area contributed by atoms with Gasteiger partial charge in [0.25, 0.3) is 0 Å². The smallest absolute Gasteiger partial charge is 0.0410 e. The fraction of sp³-hybridized carbons (Fsp3) is 0.538. The Kier molecular flexibility index (Phi) is 6.08. The van der Waals surface area contributed by atoms with Crippen LogP contribution in [0.2, 0.25) is 5.02 Å². The van der Waals surface area contributed by atoms with Gasteiger partial charge in [0.2, 0.25) is 0 Å². The van der Waals surface area contributed by atoms with Crippen LogP contribution in [0.25, 0.3) is 0 Å². The number of benzene rings is 1. The molecule has 2 unspecified atom stereocenters. The summed E-state index contributed by atoms with van der Waals surface area (Å²) in [6.07, 6.45) is 1.17. The van der Waals surface area contributed by atoms with Crippen LogP contribution in [-0.2, 0) is 0 Å². The Morgan fingerprint density at radius 2 is 2.06 bits per heavy atom. The first-order valence-electron chi connectivity index (χ1n) is 5.78. The summed E-state index contributed by atoms with van der Waals surface area (Å²) in [5, 5.41) is 4.38. The van der Waals surface area contributed by atoms with E-state index >= 15 is 0 Å². The van der Waals surface area contributed by atoms with Gasteiger partial charge < -0.3 is 5.32 Å². The summed E-state index contributed by atoms with van der Waals surface area (Å²) in [5.41, 5.74) is 1.32. The predicted molar refractivity (Wildman–Crippen MR) is 80.0 cm³/mol. The number of nitrogens with one attached hydrogen (secondary N) is 1. The highest BCUT2D eigenvalue weighted by Crippen LogP contribution is 2.30. The molecule has 1 nitrogen and oxygen atoms in total. The molecule has 3 heteroatoms. The lowest BCUT2D eigenvalue weighted by atomic mass is 9.92. The second-order valence-electron chi connectivity index (χ2n) is 4.09. The topological polar surface area (TPSA) is 12.0 Å². The van der Waals surface area contributed by atoms with E-state index in [0.717, 1.165) is 11.6 Å². The molecule has 16 heavy (non-hydrogen) atoms. The van der Waals surface area contributed by atoms with Gasteiger partial charge in [-0.3, -0.25) is 0 Å². The van der Waals surface area contributed by atoms with Crippen molar-refractivity contribution < 1.29 is 0 Å². The second-order valence-corrected chi connectivity index (χ2v) is 5.69. The molecule has 0 aliphatic carbocycles. The van der Waals surface area contributed by atoms with Crippen molar-refractivity contribution in [3.05, 3.63) is 32.4 Å². The summed E-state index contributed by atoms with van der Waals surface area (Å²) < 4.78 is 1.29. The van der Waals surface area contributed by atoms with E-state index in [1.807, 2.05) is 6.07 Å². The van der Waals surface area contributed by atoms with E-state index in [-0.39, 0.29) is 0 Å². The molecule has 0 fully saturated rings. The lowest BCUT2D eigenvalue weighted by Gasteiger charge is -2.25. The van der Waals surface area contributed by atoms with Crippen LogP contribution in [0.3, 0.4) is 0 Å². The zero-order chi connectivity index (χ0) is 12.1. The lowest BCUT2D eigenvalue weighted by Crippen LogP contribution is -2.27. The van der Waals surface area contributed by atoms with Crippen LogP contribution in [0.15, 0.2) is 18.2 Å². The Morgan fingerprint density at radius 1 is 1.38 bits per heavy atom. The van der Waals surface area contributed by atoms with Crippen molar-refractivity contribution >= 4 is 34.2 Å². The Morgan fingerprint density at radius 3 is 2.62 bits per heavy atom. The summed E-state index contributed by atoms with van der Waals surface area (Å²) in [6.45, 7) is 7.64. The van der Waals surface area contributed by atoms with Crippen molar-refractivity contribution in [1.29, 1.82) is 0 Å². The highest BCUT2D eigenvalue weighted by atomic mass is 127. The van der Waals surface area contributed by atoms with Gasteiger partial charge in [-0.05, 0) is 58.8 Å². The SMILES string of the molecule is CCNC(c1cc(Cl)ccc1I)C(C)CC. The van der Waals surface area contributed by atoms with Crippen molar-refractivity contribution in [2.45, 2.75) is 33.2 Å². The van der Waals surface area contributed by atoms with E-state index in [9.17, 15) is 0 Å². The van der Waals surface area contributed by atoms with Crippen LogP contribution in [0.5, 0.6) is 0 Å². The number of rotatable bonds is 5. The molecule has 1 rings (SSSR count). The Balaban J connectivity index is 3.04. The number of hydrogen-bond donors (Lipinski definition) is 1. The zero-order valence-corrected chi connectivity index (χ0v) is 13.0. The Bertz CT molecular complexity index is 341. The van der Waals surface area contributed by atoms with Gasteiger partial charge in [-0.25, -0.2) is 0 Å². The average Bonchev–Trinajstić information content (AvgIpc) is 2.28. The van der Waals surface area contributed by atoms with E-state index in [2.05, 4.69) is 60.8 Å². The van der Waals surface area contributed by atoms with Crippen molar-refractivity contribution in [2.24, 2.45) is 5.92 Å². The molecule has 0 bridgehead atoms. The van der Waals surface area contributed by atoms with Gasteiger partial charge in [0.05, 0.1) is 0 Å². The highest BCUT2D eigenvalue weighted by Gasteiger charge is 2.19. The molecule has 0 spiro atoms. The van der Waals surface area contributed by atoms with Gasteiger partial charge in [-0.2, -0.15) is 0 Å². The van der Waals surface area contributed by atoms with E-state index in [0.29, 0.717) is 12.0 Å². The summed E-state index contributed by atoms with van der Waals surface area (Å²) in [4.78, 5) is 0. The van der Waals surface area contributed by atoms with Crippen LogP contribution in [0.1, 0.15) is 38.8 Å². The van der Waals surface area contributed by atoms with Gasteiger partial charge in [0.1, 0.15) is 0 Å². The molecule has 90 valence electrons. The quantitative estimate of drug-likeness (QED) is 0.762. The molecule has 0 aliphatic heterocycles. The third-order valence-corrected chi connectivity index (χ3v) is 4.15. The first kappa shape index (κ1) is 14.3. The summed E-state index contributed by atoms with van der Waals surface area (Å²) in [5.74, 6) is 0.618. The Labute approximate surface area is 117 Å². The maximum Gasteiger partial charge on any atom is 0.0410 e. The minimum Gasteiger partial charge on any atom is -0.310 e. The fourth-order valence-electron chi connectivity index (χ4n) is 1.83. The maximum atomic E-state index is 6.08. The molecule has 1 aromatic rings. The van der Waals surface area contributed by atoms with Gasteiger partial charge in [0, 0.05) is 14.6 Å². The monoisotopic (exact) mass is 351 g/mol. The molecular weight excluding hydrogens is 333 g/mol. The minimum absolute atomic E-state index is 0.403. The molecule has 0 saturated carbocycles. The van der Waals surface area contributed by atoms with Crippen molar-refractivity contribution in [2.75, 3.05) is 6.54 Å². The predicted octanol–water partition coefficient (Wildman–Crippen LogP) is 4.64. The molecule has 0 heterocycles. The molecule has 0 aromatic heterocycles. The van der Waals surface area contributed by atoms with Crippen LogP contribution >= 0.6 is 34.2 Å². The molecule has 2 atom stereocenters. The Hall–Kier alpha value is 0.200. The van der Waals surface area contributed by atoms with Crippen molar-refractivity contribution in [3.8, 4) is 0 Å². The normalized spacial score (nSPS) is 14.8. The van der Waals surface area contributed by atoms with Gasteiger partial charge in [-0.1, -0.05) is 38.8 Å². The standard InChI is InChI=1S/C13H19ClIN/c1-4-9(3)13(16-5-2)11-8-10(14)6-7-12(11)15/h6-9,13,16H,4-5H2,1-3H3. The molecule has 0 amide bonds. The minimum atomic E-state index is 0.403. The third-order valence-electron chi connectivity index (χ3n) is 2.93. The maximum absolute atomic E-state index is 6.08. The van der Waals surface area contributed by atoms with E-state index in [1.54, 1.807) is 0 Å². The molecule has 1 N–H and O–H groups in total. The van der Waals surface area contributed by atoms with Gasteiger partial charge in [0.15, 0.2) is 0 Å². The fourth-order valence-corrected chi connectivity index (χ4v) is 2.68. The summed E-state index contributed by atoms with van der Waals surface area (Å²) >= 11 is 8.46. The van der Waals surface area contributed by atoms with Crippen molar-refractivity contribution in [3.63, 3.8) is 0 Å². The van der Waals surface area contributed by atoms with Crippen LogP contribution in [0, 0.1) is 9.49 Å². The third kappa shape index (κ3) is 3.60. The van der Waals surface area contributed by atoms with Crippen LogP contribution < -0.4 is 5.32 Å². The lowest BCUT2D eigenvalue weighted by molar-refractivity contribution is 0.382. The van der Waals surface area contributed by atoms with Crippen molar-refractivity contribution in [1.82, 2.24) is 5.32 Å². The average molecular weight is 352 g/mol. The number of halogens is 2. The molecule has 0 saturated heterocycles. The van der Waals surface area contributed by atoms with Crippen LogP contribution in [-0.4, -0.2) is 6.54 Å². The summed E-state index contributed by atoms with van der Waals surface area (Å²) in [6, 6.07) is 6.53. The van der Waals surface area contributed by atoms with Gasteiger partial charge >= 0.3 is 0 Å². The highest BCUT2D eigenvalue weighted by molar-refractivity contribution is 14.1. The molecule has 0 radical (unpaired) electrons. The van der Waals surface area contributed by atoms with Gasteiger partial charge in [-0.15, -0.1) is 0 Å². The summed E-state index contributed by atoms with van der Waals surface area (Å²) in [7, 11) is 0. The zero-order valence-electron chi connectivity index (χ0n) is 10.1. The molecule has 1 aromatic carbocycles. The van der Waals surface area contributed by atoms with E-state index in [1.165, 1.54) is 15.6 Å². The van der Waals surface area contributed by atoms with E-state index < -0.39 is 0 Å².